The zero-order chi connectivity index (χ0) is 15.1. The number of hydrogen-bond acceptors (Lipinski definition) is 4. The van der Waals surface area contributed by atoms with Gasteiger partial charge in [0.25, 0.3) is 0 Å². The maximum absolute atomic E-state index is 12.0. The molecule has 5 heteroatoms. The molecule has 0 unspecified atom stereocenters. The molecule has 0 saturated carbocycles. The average Bonchev–Trinajstić information content (AvgIpc) is 2.99. The highest BCUT2D eigenvalue weighted by Crippen LogP contribution is 2.17. The molecule has 2 rings (SSSR count). The van der Waals surface area contributed by atoms with E-state index in [1.165, 1.54) is 4.88 Å². The van der Waals surface area contributed by atoms with Crippen molar-refractivity contribution in [2.24, 2.45) is 0 Å². The van der Waals surface area contributed by atoms with E-state index >= 15 is 0 Å². The van der Waals surface area contributed by atoms with Crippen LogP contribution in [0.4, 0.5) is 11.4 Å². The van der Waals surface area contributed by atoms with Gasteiger partial charge in [0, 0.05) is 24.4 Å². The Morgan fingerprint density at radius 1 is 1.29 bits per heavy atom. The van der Waals surface area contributed by atoms with E-state index in [4.69, 9.17) is 5.73 Å². The van der Waals surface area contributed by atoms with Crippen molar-refractivity contribution >= 4 is 28.6 Å². The number of carbonyl (C=O) groups excluding carboxylic acids is 1. The van der Waals surface area contributed by atoms with Crippen molar-refractivity contribution in [2.45, 2.75) is 19.9 Å². The number of carbonyl (C=O) groups is 1. The summed E-state index contributed by atoms with van der Waals surface area (Å²) in [5.41, 5.74) is 7.10. The Morgan fingerprint density at radius 3 is 2.76 bits per heavy atom. The lowest BCUT2D eigenvalue weighted by Gasteiger charge is -2.19. The maximum Gasteiger partial charge on any atom is 0.225 e. The number of hydrogen-bond donors (Lipinski definition) is 2. The van der Waals surface area contributed by atoms with E-state index in [-0.39, 0.29) is 5.91 Å². The van der Waals surface area contributed by atoms with Gasteiger partial charge in [0.05, 0.1) is 11.4 Å². The molecule has 0 saturated heterocycles. The minimum atomic E-state index is -0.00229. The van der Waals surface area contributed by atoms with Crippen LogP contribution in [0.2, 0.25) is 0 Å². The molecule has 0 fully saturated rings. The lowest BCUT2D eigenvalue weighted by atomic mass is 10.2. The fourth-order valence-corrected chi connectivity index (χ4v) is 2.80. The number of para-hydroxylation sites is 2. The first-order chi connectivity index (χ1) is 10.2. The average molecular weight is 303 g/mol. The van der Waals surface area contributed by atoms with Crippen molar-refractivity contribution in [1.29, 1.82) is 0 Å². The summed E-state index contributed by atoms with van der Waals surface area (Å²) >= 11 is 1.75. The van der Waals surface area contributed by atoms with E-state index in [9.17, 15) is 4.79 Å². The molecule has 0 aliphatic heterocycles. The van der Waals surface area contributed by atoms with Gasteiger partial charge in [-0.1, -0.05) is 25.1 Å². The highest BCUT2D eigenvalue weighted by molar-refractivity contribution is 7.09. The fourth-order valence-electron chi connectivity index (χ4n) is 2.06. The Hall–Kier alpha value is -1.85. The van der Waals surface area contributed by atoms with Gasteiger partial charge in [-0.25, -0.2) is 0 Å². The molecule has 112 valence electrons. The minimum Gasteiger partial charge on any atom is -0.397 e. The molecule has 2 aromatic rings. The van der Waals surface area contributed by atoms with Crippen LogP contribution in [0.15, 0.2) is 41.8 Å². The molecule has 1 aromatic heterocycles. The molecule has 0 aliphatic rings. The third-order valence-electron chi connectivity index (χ3n) is 3.30. The van der Waals surface area contributed by atoms with Crippen LogP contribution in [0, 0.1) is 0 Å². The Kier molecular flexibility index (Phi) is 5.78. The van der Waals surface area contributed by atoms with Crippen molar-refractivity contribution in [3.63, 3.8) is 0 Å². The largest absolute Gasteiger partial charge is 0.397 e. The summed E-state index contributed by atoms with van der Waals surface area (Å²) in [5.74, 6) is -0.00229. The molecule has 0 aliphatic carbocycles. The summed E-state index contributed by atoms with van der Waals surface area (Å²) in [7, 11) is 0. The quantitative estimate of drug-likeness (QED) is 0.772. The Labute approximate surface area is 129 Å². The number of rotatable bonds is 7. The van der Waals surface area contributed by atoms with E-state index in [1.54, 1.807) is 17.4 Å². The molecule has 1 heterocycles. The number of thiophene rings is 1. The summed E-state index contributed by atoms with van der Waals surface area (Å²) < 4.78 is 0. The summed E-state index contributed by atoms with van der Waals surface area (Å²) in [4.78, 5) is 15.6. The summed E-state index contributed by atoms with van der Waals surface area (Å²) in [6.45, 7) is 4.68. The topological polar surface area (TPSA) is 58.4 Å². The van der Waals surface area contributed by atoms with Gasteiger partial charge in [0.1, 0.15) is 0 Å². The molecule has 0 spiro atoms. The van der Waals surface area contributed by atoms with E-state index in [2.05, 4.69) is 34.7 Å². The van der Waals surface area contributed by atoms with Crippen LogP contribution in [0.25, 0.3) is 0 Å². The van der Waals surface area contributed by atoms with Crippen LogP contribution in [0.5, 0.6) is 0 Å². The van der Waals surface area contributed by atoms with Gasteiger partial charge in [-0.05, 0) is 30.1 Å². The first kappa shape index (κ1) is 15.5. The van der Waals surface area contributed by atoms with Crippen LogP contribution in [-0.2, 0) is 11.3 Å². The lowest BCUT2D eigenvalue weighted by Crippen LogP contribution is -2.27. The van der Waals surface area contributed by atoms with Gasteiger partial charge in [0.15, 0.2) is 0 Å². The molecule has 3 N–H and O–H groups in total. The van der Waals surface area contributed by atoms with E-state index < -0.39 is 0 Å². The summed E-state index contributed by atoms with van der Waals surface area (Å²) in [6.07, 6.45) is 0.466. The highest BCUT2D eigenvalue weighted by Gasteiger charge is 2.09. The Morgan fingerprint density at radius 2 is 2.10 bits per heavy atom. The zero-order valence-corrected chi connectivity index (χ0v) is 13.0. The molecule has 1 amide bonds. The second kappa shape index (κ2) is 7.81. The molecular weight excluding hydrogens is 282 g/mol. The monoisotopic (exact) mass is 303 g/mol. The van der Waals surface area contributed by atoms with Gasteiger partial charge in [0.2, 0.25) is 5.91 Å². The van der Waals surface area contributed by atoms with Crippen molar-refractivity contribution in [1.82, 2.24) is 4.90 Å². The Bertz CT molecular complexity index is 569. The smallest absolute Gasteiger partial charge is 0.225 e. The number of nitrogen functional groups attached to an aromatic ring is 1. The molecule has 0 atom stereocenters. The molecule has 21 heavy (non-hydrogen) atoms. The molecule has 0 radical (unpaired) electrons. The SMILES string of the molecule is CCN(CCC(=O)Nc1ccccc1N)Cc1cccs1. The van der Waals surface area contributed by atoms with E-state index in [1.807, 2.05) is 18.2 Å². The first-order valence-corrected chi connectivity index (χ1v) is 7.96. The van der Waals surface area contributed by atoms with Crippen LogP contribution in [-0.4, -0.2) is 23.9 Å². The number of nitrogens with one attached hydrogen (secondary N) is 1. The number of anilines is 2. The normalized spacial score (nSPS) is 10.8. The van der Waals surface area contributed by atoms with Gasteiger partial charge in [-0.3, -0.25) is 9.69 Å². The van der Waals surface area contributed by atoms with Crippen LogP contribution in [0.3, 0.4) is 0 Å². The van der Waals surface area contributed by atoms with Gasteiger partial charge >= 0.3 is 0 Å². The maximum atomic E-state index is 12.0. The predicted molar refractivity (Wildman–Crippen MR) is 89.4 cm³/mol. The second-order valence-electron chi connectivity index (χ2n) is 4.83. The van der Waals surface area contributed by atoms with Crippen LogP contribution in [0.1, 0.15) is 18.2 Å². The van der Waals surface area contributed by atoms with Crippen molar-refractivity contribution in [3.05, 3.63) is 46.7 Å². The molecule has 4 nitrogen and oxygen atoms in total. The highest BCUT2D eigenvalue weighted by atomic mass is 32.1. The molecular formula is C16H21N3OS. The third kappa shape index (κ3) is 4.88. The van der Waals surface area contributed by atoms with Crippen molar-refractivity contribution in [2.75, 3.05) is 24.1 Å². The molecule has 1 aromatic carbocycles. The first-order valence-electron chi connectivity index (χ1n) is 7.08. The van der Waals surface area contributed by atoms with Crippen molar-refractivity contribution < 1.29 is 4.79 Å². The van der Waals surface area contributed by atoms with Gasteiger partial charge in [-0.15, -0.1) is 11.3 Å². The number of amides is 1. The van der Waals surface area contributed by atoms with E-state index in [0.717, 1.165) is 19.6 Å². The molecule has 0 bridgehead atoms. The Balaban J connectivity index is 1.81. The zero-order valence-electron chi connectivity index (χ0n) is 12.2. The second-order valence-corrected chi connectivity index (χ2v) is 5.87. The fraction of sp³-hybridized carbons (Fsp3) is 0.312. The summed E-state index contributed by atoms with van der Waals surface area (Å²) in [5, 5.41) is 4.94. The van der Waals surface area contributed by atoms with Crippen LogP contribution < -0.4 is 11.1 Å². The number of nitrogens with two attached hydrogens (primary N) is 1. The lowest BCUT2D eigenvalue weighted by molar-refractivity contribution is -0.116. The number of nitrogens with zero attached hydrogens (tertiary/aromatic N) is 1. The van der Waals surface area contributed by atoms with Crippen LogP contribution >= 0.6 is 11.3 Å². The standard InChI is InChI=1S/C16H21N3OS/c1-2-19(12-13-6-5-11-21-13)10-9-16(20)18-15-8-4-3-7-14(15)17/h3-8,11H,2,9-10,12,17H2,1H3,(H,18,20). The predicted octanol–water partition coefficient (Wildman–Crippen LogP) is 3.18. The van der Waals surface area contributed by atoms with Gasteiger partial charge in [-0.2, -0.15) is 0 Å². The van der Waals surface area contributed by atoms with Gasteiger partial charge < -0.3 is 11.1 Å². The number of benzene rings is 1. The minimum absolute atomic E-state index is 0.00229. The summed E-state index contributed by atoms with van der Waals surface area (Å²) in [6, 6.07) is 11.5. The third-order valence-corrected chi connectivity index (χ3v) is 4.16. The van der Waals surface area contributed by atoms with Crippen molar-refractivity contribution in [3.8, 4) is 0 Å². The van der Waals surface area contributed by atoms with E-state index in [0.29, 0.717) is 17.8 Å².